The fourth-order valence-corrected chi connectivity index (χ4v) is 2.88. The molecular formula is C15H19NO3S. The van der Waals surface area contributed by atoms with Gasteiger partial charge in [0.05, 0.1) is 4.90 Å². The maximum atomic E-state index is 12.2. The first kappa shape index (κ1) is 14.8. The molecule has 0 radical (unpaired) electrons. The Kier molecular flexibility index (Phi) is 4.28. The lowest BCUT2D eigenvalue weighted by atomic mass is 9.93. The summed E-state index contributed by atoms with van der Waals surface area (Å²) in [6, 6.07) is 4.80. The van der Waals surface area contributed by atoms with Gasteiger partial charge >= 0.3 is 0 Å². The van der Waals surface area contributed by atoms with Crippen molar-refractivity contribution in [2.45, 2.75) is 31.1 Å². The molecule has 108 valence electrons. The molecular weight excluding hydrogens is 274 g/mol. The minimum atomic E-state index is -3.27. The average molecular weight is 293 g/mol. The van der Waals surface area contributed by atoms with Crippen LogP contribution in [0.15, 0.2) is 35.2 Å². The highest BCUT2D eigenvalue weighted by Gasteiger charge is 2.19. The number of rotatable bonds is 3. The highest BCUT2D eigenvalue weighted by atomic mass is 32.2. The molecule has 0 heterocycles. The Hall–Kier alpha value is -1.62. The SMILES string of the molecule is Cc1ccc(S(C)(=O)=O)cc1NC(=O)[C@@H]1CC=CCC1. The van der Waals surface area contributed by atoms with E-state index in [4.69, 9.17) is 0 Å². The van der Waals surface area contributed by atoms with Crippen LogP contribution in [-0.4, -0.2) is 20.6 Å². The first-order chi connectivity index (χ1) is 9.38. The fraction of sp³-hybridized carbons (Fsp3) is 0.400. The van der Waals surface area contributed by atoms with Gasteiger partial charge < -0.3 is 5.32 Å². The number of nitrogens with one attached hydrogen (secondary N) is 1. The maximum Gasteiger partial charge on any atom is 0.227 e. The summed E-state index contributed by atoms with van der Waals surface area (Å²) in [5.41, 5.74) is 1.43. The molecule has 1 atom stereocenters. The molecule has 0 aliphatic heterocycles. The van der Waals surface area contributed by atoms with Crippen LogP contribution in [0.3, 0.4) is 0 Å². The second kappa shape index (κ2) is 5.79. The van der Waals surface area contributed by atoms with Gasteiger partial charge in [0, 0.05) is 17.9 Å². The molecule has 0 saturated carbocycles. The van der Waals surface area contributed by atoms with E-state index >= 15 is 0 Å². The van der Waals surface area contributed by atoms with Crippen molar-refractivity contribution >= 4 is 21.4 Å². The predicted octanol–water partition coefficient (Wildman–Crippen LogP) is 2.69. The number of carbonyl (C=O) groups excluding carboxylic acids is 1. The summed E-state index contributed by atoms with van der Waals surface area (Å²) >= 11 is 0. The summed E-state index contributed by atoms with van der Waals surface area (Å²) in [7, 11) is -3.27. The van der Waals surface area contributed by atoms with E-state index in [1.807, 2.05) is 13.0 Å². The van der Waals surface area contributed by atoms with Gasteiger partial charge in [0.15, 0.2) is 9.84 Å². The third-order valence-corrected chi connectivity index (χ3v) is 4.65. The number of hydrogen-bond acceptors (Lipinski definition) is 3. The second-order valence-corrected chi connectivity index (χ2v) is 7.24. The Bertz CT molecular complexity index is 647. The van der Waals surface area contributed by atoms with Crippen LogP contribution in [0.25, 0.3) is 0 Å². The molecule has 4 nitrogen and oxygen atoms in total. The van der Waals surface area contributed by atoms with E-state index < -0.39 is 9.84 Å². The highest BCUT2D eigenvalue weighted by Crippen LogP contribution is 2.24. The predicted molar refractivity (Wildman–Crippen MR) is 79.4 cm³/mol. The summed E-state index contributed by atoms with van der Waals surface area (Å²) < 4.78 is 23.1. The van der Waals surface area contributed by atoms with Gasteiger partial charge in [-0.25, -0.2) is 8.42 Å². The van der Waals surface area contributed by atoms with Gasteiger partial charge in [0.25, 0.3) is 0 Å². The van der Waals surface area contributed by atoms with Crippen molar-refractivity contribution in [2.75, 3.05) is 11.6 Å². The zero-order chi connectivity index (χ0) is 14.8. The molecule has 2 rings (SSSR count). The molecule has 1 aromatic rings. The largest absolute Gasteiger partial charge is 0.326 e. The van der Waals surface area contributed by atoms with Gasteiger partial charge in [-0.3, -0.25) is 4.79 Å². The van der Waals surface area contributed by atoms with E-state index in [-0.39, 0.29) is 16.7 Å². The van der Waals surface area contributed by atoms with Gasteiger partial charge in [0.2, 0.25) is 5.91 Å². The fourth-order valence-electron chi connectivity index (χ4n) is 2.23. The van der Waals surface area contributed by atoms with Gasteiger partial charge in [0.1, 0.15) is 0 Å². The molecule has 0 bridgehead atoms. The lowest BCUT2D eigenvalue weighted by Gasteiger charge is -2.18. The summed E-state index contributed by atoms with van der Waals surface area (Å²) in [6.07, 6.45) is 7.77. The smallest absolute Gasteiger partial charge is 0.227 e. The van der Waals surface area contributed by atoms with Crippen LogP contribution in [0.2, 0.25) is 0 Å². The molecule has 1 N–H and O–H groups in total. The molecule has 1 amide bonds. The Morgan fingerprint density at radius 1 is 1.30 bits per heavy atom. The maximum absolute atomic E-state index is 12.2. The van der Waals surface area contributed by atoms with E-state index in [2.05, 4.69) is 11.4 Å². The van der Waals surface area contributed by atoms with Crippen LogP contribution in [-0.2, 0) is 14.6 Å². The molecule has 20 heavy (non-hydrogen) atoms. The van der Waals surface area contributed by atoms with Crippen molar-refractivity contribution in [3.63, 3.8) is 0 Å². The van der Waals surface area contributed by atoms with Gasteiger partial charge in [-0.1, -0.05) is 18.2 Å². The van der Waals surface area contributed by atoms with Gasteiger partial charge in [-0.05, 0) is 43.9 Å². The van der Waals surface area contributed by atoms with E-state index in [1.54, 1.807) is 12.1 Å². The van der Waals surface area contributed by atoms with Crippen LogP contribution < -0.4 is 5.32 Å². The number of carbonyl (C=O) groups is 1. The molecule has 0 fully saturated rings. The lowest BCUT2D eigenvalue weighted by Crippen LogP contribution is -2.24. The van der Waals surface area contributed by atoms with Crippen molar-refractivity contribution in [1.82, 2.24) is 0 Å². The Morgan fingerprint density at radius 3 is 2.65 bits per heavy atom. The number of sulfone groups is 1. The lowest BCUT2D eigenvalue weighted by molar-refractivity contribution is -0.120. The average Bonchev–Trinajstić information content (AvgIpc) is 2.41. The molecule has 1 aliphatic rings. The number of anilines is 1. The van der Waals surface area contributed by atoms with E-state index in [9.17, 15) is 13.2 Å². The molecule has 5 heteroatoms. The third kappa shape index (κ3) is 3.48. The van der Waals surface area contributed by atoms with Crippen molar-refractivity contribution in [3.8, 4) is 0 Å². The number of hydrogen-bond donors (Lipinski definition) is 1. The number of allylic oxidation sites excluding steroid dienone is 2. The van der Waals surface area contributed by atoms with Crippen LogP contribution in [0, 0.1) is 12.8 Å². The summed E-state index contributed by atoms with van der Waals surface area (Å²) in [5, 5.41) is 2.86. The van der Waals surface area contributed by atoms with Gasteiger partial charge in [-0.2, -0.15) is 0 Å². The Morgan fingerprint density at radius 2 is 2.05 bits per heavy atom. The van der Waals surface area contributed by atoms with Crippen molar-refractivity contribution in [1.29, 1.82) is 0 Å². The minimum Gasteiger partial charge on any atom is -0.326 e. The minimum absolute atomic E-state index is 0.0266. The number of amides is 1. The second-order valence-electron chi connectivity index (χ2n) is 5.22. The van der Waals surface area contributed by atoms with E-state index in [1.165, 1.54) is 6.07 Å². The van der Waals surface area contributed by atoms with E-state index in [0.717, 1.165) is 31.1 Å². The van der Waals surface area contributed by atoms with Crippen molar-refractivity contribution in [2.24, 2.45) is 5.92 Å². The monoisotopic (exact) mass is 293 g/mol. The third-order valence-electron chi connectivity index (χ3n) is 3.53. The molecule has 0 aromatic heterocycles. The van der Waals surface area contributed by atoms with Crippen molar-refractivity contribution in [3.05, 3.63) is 35.9 Å². The molecule has 0 spiro atoms. The standard InChI is InChI=1S/C15H19NO3S/c1-11-8-9-13(20(2,18)19)10-14(11)16-15(17)12-6-4-3-5-7-12/h3-4,8-10,12H,5-7H2,1-2H3,(H,16,17)/t12-/m1/s1. The Balaban J connectivity index is 2.20. The quantitative estimate of drug-likeness (QED) is 0.872. The molecule has 1 aromatic carbocycles. The van der Waals surface area contributed by atoms with Crippen LogP contribution >= 0.6 is 0 Å². The molecule has 0 saturated heterocycles. The topological polar surface area (TPSA) is 63.2 Å². The van der Waals surface area contributed by atoms with Crippen LogP contribution in [0.1, 0.15) is 24.8 Å². The molecule has 0 unspecified atom stereocenters. The number of benzene rings is 1. The zero-order valence-corrected chi connectivity index (χ0v) is 12.5. The summed E-state index contributed by atoms with van der Waals surface area (Å²) in [5.74, 6) is -0.0654. The summed E-state index contributed by atoms with van der Waals surface area (Å²) in [4.78, 5) is 12.4. The zero-order valence-electron chi connectivity index (χ0n) is 11.7. The highest BCUT2D eigenvalue weighted by molar-refractivity contribution is 7.90. The summed E-state index contributed by atoms with van der Waals surface area (Å²) in [6.45, 7) is 1.85. The van der Waals surface area contributed by atoms with Crippen LogP contribution in [0.5, 0.6) is 0 Å². The van der Waals surface area contributed by atoms with E-state index in [0.29, 0.717) is 5.69 Å². The Labute approximate surface area is 119 Å². The molecule has 1 aliphatic carbocycles. The first-order valence-corrected chi connectivity index (χ1v) is 8.53. The van der Waals surface area contributed by atoms with Crippen LogP contribution in [0.4, 0.5) is 5.69 Å². The first-order valence-electron chi connectivity index (χ1n) is 6.64. The van der Waals surface area contributed by atoms with Crippen molar-refractivity contribution < 1.29 is 13.2 Å². The number of aryl methyl sites for hydroxylation is 1. The normalized spacial score (nSPS) is 18.8. The van der Waals surface area contributed by atoms with Gasteiger partial charge in [-0.15, -0.1) is 0 Å².